The average Bonchev–Trinajstić information content (AvgIpc) is 2.99. The minimum atomic E-state index is 0.154. The molecule has 0 aromatic carbocycles. The van der Waals surface area contributed by atoms with E-state index in [4.69, 9.17) is 20.9 Å². The first kappa shape index (κ1) is 13.1. The summed E-state index contributed by atoms with van der Waals surface area (Å²) in [5.74, 6) is 1.64. The quantitative estimate of drug-likeness (QED) is 0.892. The van der Waals surface area contributed by atoms with Crippen molar-refractivity contribution in [2.75, 3.05) is 36.5 Å². The fourth-order valence-corrected chi connectivity index (χ4v) is 1.98. The average molecular weight is 297 g/mol. The highest BCUT2D eigenvalue weighted by molar-refractivity contribution is 6.28. The number of halogens is 1. The Labute approximate surface area is 120 Å². The number of ether oxygens (including phenoxy) is 1. The van der Waals surface area contributed by atoms with Crippen LogP contribution in [0.5, 0.6) is 0 Å². The third kappa shape index (κ3) is 3.14. The van der Waals surface area contributed by atoms with Crippen molar-refractivity contribution in [3.05, 3.63) is 23.3 Å². The first-order valence-corrected chi connectivity index (χ1v) is 6.57. The molecule has 0 atom stereocenters. The lowest BCUT2D eigenvalue weighted by Gasteiger charge is -2.26. The van der Waals surface area contributed by atoms with Crippen molar-refractivity contribution >= 4 is 23.5 Å². The first-order chi connectivity index (χ1) is 9.81. The van der Waals surface area contributed by atoms with Gasteiger partial charge in [-0.2, -0.15) is 15.0 Å². The lowest BCUT2D eigenvalue weighted by atomic mass is 10.4. The van der Waals surface area contributed by atoms with Crippen LogP contribution in [0.4, 0.5) is 11.9 Å². The second-order valence-electron chi connectivity index (χ2n) is 4.16. The molecule has 0 bridgehead atoms. The third-order valence-electron chi connectivity index (χ3n) is 2.80. The maximum absolute atomic E-state index is 5.93. The van der Waals surface area contributed by atoms with E-state index in [0.717, 1.165) is 13.1 Å². The second kappa shape index (κ2) is 6.02. The number of hydrogen-bond donors (Lipinski definition) is 1. The van der Waals surface area contributed by atoms with E-state index in [1.807, 2.05) is 4.90 Å². The maximum Gasteiger partial charge on any atom is 0.231 e. The number of nitrogens with zero attached hydrogens (tertiary/aromatic N) is 5. The van der Waals surface area contributed by atoms with Crippen molar-refractivity contribution in [3.8, 4) is 0 Å². The topological polar surface area (TPSA) is 89.2 Å². The minimum absolute atomic E-state index is 0.154. The molecule has 9 heteroatoms. The van der Waals surface area contributed by atoms with E-state index >= 15 is 0 Å². The number of rotatable bonds is 4. The van der Waals surface area contributed by atoms with Crippen molar-refractivity contribution in [2.24, 2.45) is 0 Å². The fourth-order valence-electron chi connectivity index (χ4n) is 1.82. The van der Waals surface area contributed by atoms with Crippen molar-refractivity contribution in [3.63, 3.8) is 0 Å². The number of hydrogen-bond acceptors (Lipinski definition) is 8. The van der Waals surface area contributed by atoms with E-state index in [9.17, 15) is 0 Å². The van der Waals surface area contributed by atoms with Gasteiger partial charge in [0.25, 0.3) is 0 Å². The van der Waals surface area contributed by atoms with Gasteiger partial charge in [-0.25, -0.2) is 0 Å². The molecule has 0 unspecified atom stereocenters. The van der Waals surface area contributed by atoms with Crippen molar-refractivity contribution in [1.82, 2.24) is 20.1 Å². The molecular formula is C11H13ClN6O2. The summed E-state index contributed by atoms with van der Waals surface area (Å²) >= 11 is 5.93. The molecule has 2 aromatic rings. The van der Waals surface area contributed by atoms with Gasteiger partial charge in [0, 0.05) is 19.2 Å². The minimum Gasteiger partial charge on any atom is -0.378 e. The zero-order valence-electron chi connectivity index (χ0n) is 10.6. The molecule has 3 heterocycles. The van der Waals surface area contributed by atoms with Crippen LogP contribution in [0.3, 0.4) is 0 Å². The van der Waals surface area contributed by atoms with Crippen molar-refractivity contribution in [2.45, 2.75) is 6.54 Å². The lowest BCUT2D eigenvalue weighted by molar-refractivity contribution is 0.122. The van der Waals surface area contributed by atoms with Crippen LogP contribution in [0.25, 0.3) is 0 Å². The van der Waals surface area contributed by atoms with E-state index in [-0.39, 0.29) is 5.28 Å². The number of morpholine rings is 1. The zero-order chi connectivity index (χ0) is 13.8. The van der Waals surface area contributed by atoms with Crippen LogP contribution in [0, 0.1) is 0 Å². The largest absolute Gasteiger partial charge is 0.378 e. The Morgan fingerprint density at radius 1 is 1.25 bits per heavy atom. The third-order valence-corrected chi connectivity index (χ3v) is 2.97. The van der Waals surface area contributed by atoms with Gasteiger partial charge in [-0.3, -0.25) is 0 Å². The fraction of sp³-hybridized carbons (Fsp3) is 0.455. The molecule has 2 aromatic heterocycles. The summed E-state index contributed by atoms with van der Waals surface area (Å²) in [5, 5.41) is 6.81. The lowest BCUT2D eigenvalue weighted by Crippen LogP contribution is -2.37. The molecule has 1 fully saturated rings. The number of anilines is 2. The van der Waals surface area contributed by atoms with Crippen LogP contribution in [0.2, 0.25) is 5.28 Å². The van der Waals surface area contributed by atoms with E-state index in [2.05, 4.69) is 25.4 Å². The summed E-state index contributed by atoms with van der Waals surface area (Å²) < 4.78 is 10.3. The molecule has 3 rings (SSSR count). The van der Waals surface area contributed by atoms with E-state index < -0.39 is 0 Å². The van der Waals surface area contributed by atoms with Crippen LogP contribution >= 0.6 is 11.6 Å². The summed E-state index contributed by atoms with van der Waals surface area (Å²) in [6.07, 6.45) is 1.58. The molecule has 8 nitrogen and oxygen atoms in total. The number of nitrogens with one attached hydrogen (secondary N) is 1. The standard InChI is InChI=1S/C11H13ClN6O2/c12-9-15-10(13-7-8-1-2-14-20-8)17-11(16-9)18-3-5-19-6-4-18/h1-2H,3-7H2,(H,13,15,16,17). The predicted molar refractivity (Wildman–Crippen MR) is 71.7 cm³/mol. The molecule has 1 aliphatic heterocycles. The van der Waals surface area contributed by atoms with Gasteiger partial charge in [-0.05, 0) is 11.6 Å². The molecule has 0 radical (unpaired) electrons. The normalized spacial score (nSPS) is 15.3. The molecule has 20 heavy (non-hydrogen) atoms. The van der Waals surface area contributed by atoms with Crippen LogP contribution in [0.1, 0.15) is 5.76 Å². The van der Waals surface area contributed by atoms with Gasteiger partial charge >= 0.3 is 0 Å². The Kier molecular flexibility index (Phi) is 3.93. The van der Waals surface area contributed by atoms with Crippen molar-refractivity contribution < 1.29 is 9.26 Å². The van der Waals surface area contributed by atoms with Gasteiger partial charge < -0.3 is 19.5 Å². The van der Waals surface area contributed by atoms with E-state index in [1.165, 1.54) is 0 Å². The Bertz CT molecular complexity index is 558. The summed E-state index contributed by atoms with van der Waals surface area (Å²) in [5.41, 5.74) is 0. The highest BCUT2D eigenvalue weighted by atomic mass is 35.5. The van der Waals surface area contributed by atoms with Gasteiger partial charge in [0.2, 0.25) is 17.2 Å². The van der Waals surface area contributed by atoms with Crippen LogP contribution in [0.15, 0.2) is 16.8 Å². The SMILES string of the molecule is Clc1nc(NCc2ccno2)nc(N2CCOCC2)n1. The van der Waals surface area contributed by atoms with Gasteiger partial charge in [0.15, 0.2) is 5.76 Å². The van der Waals surface area contributed by atoms with E-state index in [0.29, 0.717) is 37.4 Å². The Morgan fingerprint density at radius 2 is 2.10 bits per heavy atom. The van der Waals surface area contributed by atoms with Gasteiger partial charge in [0.05, 0.1) is 26.0 Å². The Morgan fingerprint density at radius 3 is 2.85 bits per heavy atom. The van der Waals surface area contributed by atoms with Crippen LogP contribution < -0.4 is 10.2 Å². The first-order valence-electron chi connectivity index (χ1n) is 6.19. The molecule has 1 saturated heterocycles. The molecule has 0 aliphatic carbocycles. The smallest absolute Gasteiger partial charge is 0.231 e. The summed E-state index contributed by atoms with van der Waals surface area (Å²) in [6.45, 7) is 3.22. The molecule has 0 spiro atoms. The van der Waals surface area contributed by atoms with Gasteiger partial charge in [0.1, 0.15) is 0 Å². The molecule has 106 valence electrons. The maximum atomic E-state index is 5.93. The summed E-state index contributed by atoms with van der Waals surface area (Å²) in [6, 6.07) is 1.76. The highest BCUT2D eigenvalue weighted by Gasteiger charge is 2.16. The van der Waals surface area contributed by atoms with Crippen molar-refractivity contribution in [1.29, 1.82) is 0 Å². The monoisotopic (exact) mass is 296 g/mol. The molecule has 0 saturated carbocycles. The number of aromatic nitrogens is 4. The summed E-state index contributed by atoms with van der Waals surface area (Å²) in [7, 11) is 0. The van der Waals surface area contributed by atoms with Gasteiger partial charge in [-0.15, -0.1) is 0 Å². The Hall–Kier alpha value is -1.93. The molecular weight excluding hydrogens is 284 g/mol. The Balaban J connectivity index is 1.72. The van der Waals surface area contributed by atoms with Gasteiger partial charge in [-0.1, -0.05) is 5.16 Å². The molecule has 1 aliphatic rings. The highest BCUT2D eigenvalue weighted by Crippen LogP contribution is 2.15. The predicted octanol–water partition coefficient (Wildman–Crippen LogP) is 0.962. The molecule has 1 N–H and O–H groups in total. The second-order valence-corrected chi connectivity index (χ2v) is 4.50. The zero-order valence-corrected chi connectivity index (χ0v) is 11.4. The summed E-state index contributed by atoms with van der Waals surface area (Å²) in [4.78, 5) is 14.5. The van der Waals surface area contributed by atoms with Crippen LogP contribution in [-0.2, 0) is 11.3 Å². The van der Waals surface area contributed by atoms with E-state index in [1.54, 1.807) is 12.3 Å². The molecule has 0 amide bonds. The van der Waals surface area contributed by atoms with Crippen LogP contribution in [-0.4, -0.2) is 46.4 Å².